The van der Waals surface area contributed by atoms with Crippen molar-refractivity contribution >= 4 is 17.5 Å². The Morgan fingerprint density at radius 1 is 1.09 bits per heavy atom. The third-order valence-corrected chi connectivity index (χ3v) is 3.91. The summed E-state index contributed by atoms with van der Waals surface area (Å²) in [5, 5.41) is 5.67. The zero-order valence-corrected chi connectivity index (χ0v) is 14.5. The highest BCUT2D eigenvalue weighted by atomic mass is 16.2. The van der Waals surface area contributed by atoms with Gasteiger partial charge in [0, 0.05) is 12.2 Å². The normalized spacial score (nSPS) is 11.4. The van der Waals surface area contributed by atoms with Crippen molar-refractivity contribution < 1.29 is 9.59 Å². The van der Waals surface area contributed by atoms with Crippen LogP contribution in [0.3, 0.4) is 0 Å². The predicted octanol–water partition coefficient (Wildman–Crippen LogP) is 3.43. The van der Waals surface area contributed by atoms with E-state index in [-0.39, 0.29) is 11.8 Å². The van der Waals surface area contributed by atoms with Crippen molar-refractivity contribution in [3.05, 3.63) is 29.3 Å². The van der Waals surface area contributed by atoms with E-state index in [2.05, 4.69) is 24.5 Å². The second-order valence-corrected chi connectivity index (χ2v) is 6.82. The predicted molar refractivity (Wildman–Crippen MR) is 90.8 cm³/mol. The first-order chi connectivity index (χ1) is 10.1. The summed E-state index contributed by atoms with van der Waals surface area (Å²) in [6.45, 7) is 12.1. The highest BCUT2D eigenvalue weighted by Gasteiger charge is 2.35. The molecule has 0 aliphatic heterocycles. The van der Waals surface area contributed by atoms with E-state index in [0.29, 0.717) is 12.5 Å². The van der Waals surface area contributed by atoms with Crippen LogP contribution in [0.25, 0.3) is 0 Å². The van der Waals surface area contributed by atoms with Gasteiger partial charge in [-0.25, -0.2) is 0 Å². The average molecular weight is 304 g/mol. The summed E-state index contributed by atoms with van der Waals surface area (Å²) in [6.07, 6.45) is 0.903. The molecule has 2 N–H and O–H groups in total. The maximum Gasteiger partial charge on any atom is 0.239 e. The molecule has 0 aromatic heterocycles. The van der Waals surface area contributed by atoms with Gasteiger partial charge in [-0.3, -0.25) is 9.59 Å². The summed E-state index contributed by atoms with van der Waals surface area (Å²) in [4.78, 5) is 24.6. The van der Waals surface area contributed by atoms with Crippen molar-refractivity contribution in [3.63, 3.8) is 0 Å². The van der Waals surface area contributed by atoms with E-state index in [4.69, 9.17) is 0 Å². The third-order valence-electron chi connectivity index (χ3n) is 3.91. The number of carbonyl (C=O) groups is 2. The van der Waals surface area contributed by atoms with Crippen LogP contribution >= 0.6 is 0 Å². The molecule has 0 aliphatic carbocycles. The third kappa shape index (κ3) is 4.86. The topological polar surface area (TPSA) is 58.2 Å². The Hall–Kier alpha value is -1.84. The highest BCUT2D eigenvalue weighted by molar-refractivity contribution is 6.09. The molecule has 0 saturated carbocycles. The molecule has 0 radical (unpaired) electrons. The van der Waals surface area contributed by atoms with E-state index in [1.807, 2.05) is 32.0 Å². The SMILES string of the molecule is Cc1ccc(NC(=O)C(C)(C)C(=O)NCCC(C)C)cc1C. The van der Waals surface area contributed by atoms with Gasteiger partial charge in [0.05, 0.1) is 0 Å². The van der Waals surface area contributed by atoms with Gasteiger partial charge >= 0.3 is 0 Å². The zero-order chi connectivity index (χ0) is 16.9. The Balaban J connectivity index is 2.68. The van der Waals surface area contributed by atoms with Crippen LogP contribution in [-0.2, 0) is 9.59 Å². The molecule has 22 heavy (non-hydrogen) atoms. The molecule has 0 aliphatic rings. The molecule has 0 unspecified atom stereocenters. The molecule has 4 nitrogen and oxygen atoms in total. The molecule has 0 fully saturated rings. The van der Waals surface area contributed by atoms with Crippen LogP contribution in [0.2, 0.25) is 0 Å². The number of aryl methyl sites for hydroxylation is 2. The molecule has 0 heterocycles. The van der Waals surface area contributed by atoms with Crippen molar-refractivity contribution in [2.75, 3.05) is 11.9 Å². The minimum Gasteiger partial charge on any atom is -0.355 e. The summed E-state index contributed by atoms with van der Waals surface area (Å²) in [7, 11) is 0. The van der Waals surface area contributed by atoms with Gasteiger partial charge in [-0.1, -0.05) is 19.9 Å². The van der Waals surface area contributed by atoms with Crippen LogP contribution in [0.15, 0.2) is 18.2 Å². The van der Waals surface area contributed by atoms with Crippen LogP contribution < -0.4 is 10.6 Å². The van der Waals surface area contributed by atoms with Crippen molar-refractivity contribution in [1.29, 1.82) is 0 Å². The number of rotatable bonds is 6. The molecule has 122 valence electrons. The highest BCUT2D eigenvalue weighted by Crippen LogP contribution is 2.20. The maximum atomic E-state index is 12.4. The molecule has 0 spiro atoms. The van der Waals surface area contributed by atoms with Crippen LogP contribution in [0.1, 0.15) is 45.2 Å². The molecule has 1 aromatic rings. The minimum atomic E-state index is -1.10. The van der Waals surface area contributed by atoms with Crippen LogP contribution in [0, 0.1) is 25.2 Å². The van der Waals surface area contributed by atoms with Gasteiger partial charge in [-0.05, 0) is 63.3 Å². The second kappa shape index (κ2) is 7.43. The lowest BCUT2D eigenvalue weighted by atomic mass is 9.90. The molecular formula is C18H28N2O2. The summed E-state index contributed by atoms with van der Waals surface area (Å²) in [6, 6.07) is 5.73. The van der Waals surface area contributed by atoms with Crippen LogP contribution in [-0.4, -0.2) is 18.4 Å². The van der Waals surface area contributed by atoms with E-state index < -0.39 is 5.41 Å². The number of carbonyl (C=O) groups excluding carboxylic acids is 2. The Kier molecular flexibility index (Phi) is 6.15. The first kappa shape index (κ1) is 18.2. The van der Waals surface area contributed by atoms with Gasteiger partial charge in [0.1, 0.15) is 5.41 Å². The number of hydrogen-bond donors (Lipinski definition) is 2. The Labute approximate surface area is 133 Å². The van der Waals surface area contributed by atoms with Crippen molar-refractivity contribution in [2.24, 2.45) is 11.3 Å². The van der Waals surface area contributed by atoms with E-state index in [1.54, 1.807) is 13.8 Å². The van der Waals surface area contributed by atoms with Crippen molar-refractivity contribution in [3.8, 4) is 0 Å². The number of anilines is 1. The molecule has 1 aromatic carbocycles. The number of benzene rings is 1. The monoisotopic (exact) mass is 304 g/mol. The molecule has 0 atom stereocenters. The summed E-state index contributed by atoms with van der Waals surface area (Å²) in [5.41, 5.74) is 1.90. The number of hydrogen-bond acceptors (Lipinski definition) is 2. The maximum absolute atomic E-state index is 12.4. The van der Waals surface area contributed by atoms with E-state index >= 15 is 0 Å². The van der Waals surface area contributed by atoms with Crippen LogP contribution in [0.4, 0.5) is 5.69 Å². The van der Waals surface area contributed by atoms with Gasteiger partial charge in [0.25, 0.3) is 0 Å². The van der Waals surface area contributed by atoms with Gasteiger partial charge in [-0.2, -0.15) is 0 Å². The fourth-order valence-electron chi connectivity index (χ4n) is 1.90. The fourth-order valence-corrected chi connectivity index (χ4v) is 1.90. The minimum absolute atomic E-state index is 0.241. The Morgan fingerprint density at radius 3 is 2.27 bits per heavy atom. The number of nitrogens with one attached hydrogen (secondary N) is 2. The van der Waals surface area contributed by atoms with Gasteiger partial charge in [-0.15, -0.1) is 0 Å². The summed E-state index contributed by atoms with van der Waals surface area (Å²) >= 11 is 0. The van der Waals surface area contributed by atoms with E-state index in [1.165, 1.54) is 5.56 Å². The summed E-state index contributed by atoms with van der Waals surface area (Å²) < 4.78 is 0. The van der Waals surface area contributed by atoms with Gasteiger partial charge < -0.3 is 10.6 Å². The van der Waals surface area contributed by atoms with Crippen LogP contribution in [0.5, 0.6) is 0 Å². The smallest absolute Gasteiger partial charge is 0.239 e. The van der Waals surface area contributed by atoms with Gasteiger partial charge in [0.2, 0.25) is 11.8 Å². The Morgan fingerprint density at radius 2 is 1.73 bits per heavy atom. The average Bonchev–Trinajstić information content (AvgIpc) is 2.42. The first-order valence-electron chi connectivity index (χ1n) is 7.81. The second-order valence-electron chi connectivity index (χ2n) is 6.82. The van der Waals surface area contributed by atoms with E-state index in [9.17, 15) is 9.59 Å². The quantitative estimate of drug-likeness (QED) is 0.791. The fraction of sp³-hybridized carbons (Fsp3) is 0.556. The largest absolute Gasteiger partial charge is 0.355 e. The van der Waals surface area contributed by atoms with E-state index in [0.717, 1.165) is 17.7 Å². The lowest BCUT2D eigenvalue weighted by Crippen LogP contribution is -2.45. The Bertz CT molecular complexity index is 548. The first-order valence-corrected chi connectivity index (χ1v) is 7.81. The molecule has 0 saturated heterocycles. The molecule has 0 bridgehead atoms. The van der Waals surface area contributed by atoms with Crippen molar-refractivity contribution in [1.82, 2.24) is 5.32 Å². The standard InChI is InChI=1S/C18H28N2O2/c1-12(2)9-10-19-16(21)18(5,6)17(22)20-15-8-7-13(3)14(4)11-15/h7-8,11-12H,9-10H2,1-6H3,(H,19,21)(H,20,22). The lowest BCUT2D eigenvalue weighted by molar-refractivity contribution is -0.138. The van der Waals surface area contributed by atoms with Gasteiger partial charge in [0.15, 0.2) is 0 Å². The summed E-state index contributed by atoms with van der Waals surface area (Å²) in [5.74, 6) is -0.0138. The lowest BCUT2D eigenvalue weighted by Gasteiger charge is -2.23. The zero-order valence-electron chi connectivity index (χ0n) is 14.5. The number of amides is 2. The van der Waals surface area contributed by atoms with Crippen molar-refractivity contribution in [2.45, 2.75) is 48.0 Å². The molecule has 1 rings (SSSR count). The molecule has 2 amide bonds. The molecular weight excluding hydrogens is 276 g/mol. The molecule has 4 heteroatoms.